The molecule has 2 aromatic carbocycles. The van der Waals surface area contributed by atoms with Crippen LogP contribution in [0.4, 0.5) is 0 Å². The van der Waals surface area contributed by atoms with Gasteiger partial charge in [0.1, 0.15) is 0 Å². The Morgan fingerprint density at radius 2 is 1.71 bits per heavy atom. The van der Waals surface area contributed by atoms with Crippen LogP contribution in [0.2, 0.25) is 0 Å². The molecule has 28 heavy (non-hydrogen) atoms. The molecule has 0 aromatic heterocycles. The highest BCUT2D eigenvalue weighted by Gasteiger charge is 2.32. The Balaban J connectivity index is 1.45. The van der Waals surface area contributed by atoms with E-state index in [1.807, 2.05) is 29.2 Å². The van der Waals surface area contributed by atoms with Crippen LogP contribution in [0.1, 0.15) is 52.8 Å². The molecule has 1 fully saturated rings. The first kappa shape index (κ1) is 18.6. The van der Waals surface area contributed by atoms with Gasteiger partial charge in [-0.3, -0.25) is 19.3 Å². The van der Waals surface area contributed by atoms with Gasteiger partial charge in [-0.15, -0.1) is 0 Å². The first-order valence-corrected chi connectivity index (χ1v) is 9.99. The molecular weight excluding hydrogens is 354 g/mol. The summed E-state index contributed by atoms with van der Waals surface area (Å²) in [6.07, 6.45) is 3.84. The third-order valence-corrected chi connectivity index (χ3v) is 5.85. The van der Waals surface area contributed by atoms with Crippen LogP contribution in [-0.4, -0.2) is 53.2 Å². The van der Waals surface area contributed by atoms with Crippen LogP contribution >= 0.6 is 0 Å². The predicted octanol–water partition coefficient (Wildman–Crippen LogP) is 2.56. The summed E-state index contributed by atoms with van der Waals surface area (Å²) in [4.78, 5) is 41.5. The molecule has 4 rings (SSSR count). The molecule has 0 bridgehead atoms. The van der Waals surface area contributed by atoms with Crippen molar-refractivity contribution in [2.75, 3.05) is 19.6 Å². The minimum absolute atomic E-state index is 0.0644. The molecule has 2 heterocycles. The van der Waals surface area contributed by atoms with Gasteiger partial charge in [0, 0.05) is 48.6 Å². The van der Waals surface area contributed by atoms with Crippen molar-refractivity contribution in [3.63, 3.8) is 0 Å². The van der Waals surface area contributed by atoms with E-state index in [-0.39, 0.29) is 30.3 Å². The van der Waals surface area contributed by atoms with E-state index in [0.29, 0.717) is 30.5 Å². The molecule has 2 aliphatic rings. The Morgan fingerprint density at radius 1 is 1.04 bits per heavy atom. The molecular formula is C22H25N3O3. The van der Waals surface area contributed by atoms with Crippen LogP contribution in [0.15, 0.2) is 36.4 Å². The van der Waals surface area contributed by atoms with E-state index in [2.05, 4.69) is 0 Å². The lowest BCUT2D eigenvalue weighted by Crippen LogP contribution is -2.47. The van der Waals surface area contributed by atoms with Gasteiger partial charge in [-0.05, 0) is 43.2 Å². The van der Waals surface area contributed by atoms with Crippen molar-refractivity contribution in [3.8, 4) is 0 Å². The molecule has 1 saturated heterocycles. The molecule has 1 atom stereocenters. The van der Waals surface area contributed by atoms with Gasteiger partial charge in [0.25, 0.3) is 11.8 Å². The number of nitrogens with two attached hydrogens (primary N) is 1. The highest BCUT2D eigenvalue weighted by Crippen LogP contribution is 2.30. The fraction of sp³-hybridized carbons (Fsp3) is 0.409. The van der Waals surface area contributed by atoms with Gasteiger partial charge in [0.15, 0.2) is 0 Å². The lowest BCUT2D eigenvalue weighted by molar-refractivity contribution is -0.134. The summed E-state index contributed by atoms with van der Waals surface area (Å²) in [5.74, 6) is -0.492. The van der Waals surface area contributed by atoms with E-state index < -0.39 is 0 Å². The van der Waals surface area contributed by atoms with Gasteiger partial charge >= 0.3 is 0 Å². The Hall–Kier alpha value is -2.73. The van der Waals surface area contributed by atoms with E-state index in [9.17, 15) is 14.4 Å². The summed E-state index contributed by atoms with van der Waals surface area (Å²) in [6.45, 7) is 1.47. The van der Waals surface area contributed by atoms with Crippen LogP contribution in [0.25, 0.3) is 10.8 Å². The molecule has 0 radical (unpaired) electrons. The Kier molecular flexibility index (Phi) is 5.13. The SMILES string of the molecule is NCC1CCCCN1C(=O)CCCN1C(=O)c2cccc3cccc(c23)C1=O. The number of piperidine rings is 1. The third-order valence-electron chi connectivity index (χ3n) is 5.85. The van der Waals surface area contributed by atoms with Crippen molar-refractivity contribution >= 4 is 28.5 Å². The Bertz CT molecular complexity index is 889. The van der Waals surface area contributed by atoms with Gasteiger partial charge < -0.3 is 10.6 Å². The molecule has 6 nitrogen and oxygen atoms in total. The highest BCUT2D eigenvalue weighted by molar-refractivity contribution is 6.25. The number of likely N-dealkylation sites (tertiary alicyclic amines) is 1. The third kappa shape index (κ3) is 3.18. The van der Waals surface area contributed by atoms with E-state index in [4.69, 9.17) is 5.73 Å². The number of benzene rings is 2. The number of imide groups is 1. The summed E-state index contributed by atoms with van der Waals surface area (Å²) in [6, 6.07) is 11.1. The summed E-state index contributed by atoms with van der Waals surface area (Å²) in [5.41, 5.74) is 6.91. The number of nitrogens with zero attached hydrogens (tertiary/aromatic N) is 2. The molecule has 0 saturated carbocycles. The molecule has 0 aliphatic carbocycles. The van der Waals surface area contributed by atoms with E-state index >= 15 is 0 Å². The van der Waals surface area contributed by atoms with Gasteiger partial charge in [0.2, 0.25) is 5.91 Å². The van der Waals surface area contributed by atoms with Crippen molar-refractivity contribution in [2.24, 2.45) is 5.73 Å². The summed E-state index contributed by atoms with van der Waals surface area (Å²) in [5, 5.41) is 1.62. The van der Waals surface area contributed by atoms with Crippen LogP contribution in [0.3, 0.4) is 0 Å². The van der Waals surface area contributed by atoms with Crippen LogP contribution < -0.4 is 5.73 Å². The summed E-state index contributed by atoms with van der Waals surface area (Å²) >= 11 is 0. The molecule has 146 valence electrons. The van der Waals surface area contributed by atoms with Crippen molar-refractivity contribution in [2.45, 2.75) is 38.1 Å². The Labute approximate surface area is 164 Å². The molecule has 2 N–H and O–H groups in total. The lowest BCUT2D eigenvalue weighted by Gasteiger charge is -2.35. The first-order valence-electron chi connectivity index (χ1n) is 9.99. The molecule has 0 spiro atoms. The molecule has 2 aliphatic heterocycles. The van der Waals surface area contributed by atoms with Crippen molar-refractivity contribution < 1.29 is 14.4 Å². The summed E-state index contributed by atoms with van der Waals surface area (Å²) < 4.78 is 0. The first-order chi connectivity index (χ1) is 13.6. The minimum Gasteiger partial charge on any atom is -0.338 e. The summed E-state index contributed by atoms with van der Waals surface area (Å²) in [7, 11) is 0. The van der Waals surface area contributed by atoms with Gasteiger partial charge in [0.05, 0.1) is 0 Å². The standard InChI is InChI=1S/C22H25N3O3/c23-14-16-8-1-2-12-24(16)19(26)11-5-13-25-21(27)17-9-3-6-15-7-4-10-18(20(15)17)22(25)28/h3-4,6-7,9-10,16H,1-2,5,8,11-14,23H2. The minimum atomic E-state index is -0.278. The average Bonchev–Trinajstić information content (AvgIpc) is 2.74. The zero-order valence-corrected chi connectivity index (χ0v) is 15.9. The van der Waals surface area contributed by atoms with Crippen molar-refractivity contribution in [3.05, 3.63) is 47.5 Å². The second-order valence-electron chi connectivity index (χ2n) is 7.55. The van der Waals surface area contributed by atoms with Gasteiger partial charge in [-0.25, -0.2) is 0 Å². The number of hydrogen-bond donors (Lipinski definition) is 1. The number of hydrogen-bond acceptors (Lipinski definition) is 4. The van der Waals surface area contributed by atoms with Crippen LogP contribution in [0.5, 0.6) is 0 Å². The smallest absolute Gasteiger partial charge is 0.261 e. The number of rotatable bonds is 5. The second-order valence-corrected chi connectivity index (χ2v) is 7.55. The second kappa shape index (κ2) is 7.72. The fourth-order valence-electron chi connectivity index (χ4n) is 4.39. The quantitative estimate of drug-likeness (QED) is 0.809. The van der Waals surface area contributed by atoms with E-state index in [0.717, 1.165) is 36.6 Å². The average molecular weight is 379 g/mol. The van der Waals surface area contributed by atoms with E-state index in [1.165, 1.54) is 4.90 Å². The van der Waals surface area contributed by atoms with Gasteiger partial charge in [-0.2, -0.15) is 0 Å². The maximum absolute atomic E-state index is 12.9. The highest BCUT2D eigenvalue weighted by atomic mass is 16.2. The zero-order chi connectivity index (χ0) is 19.7. The monoisotopic (exact) mass is 379 g/mol. The predicted molar refractivity (Wildman–Crippen MR) is 107 cm³/mol. The fourth-order valence-corrected chi connectivity index (χ4v) is 4.39. The van der Waals surface area contributed by atoms with Crippen LogP contribution in [-0.2, 0) is 4.79 Å². The molecule has 3 amide bonds. The topological polar surface area (TPSA) is 83.7 Å². The normalized spacial score (nSPS) is 19.4. The molecule has 2 aromatic rings. The van der Waals surface area contributed by atoms with Gasteiger partial charge in [-0.1, -0.05) is 24.3 Å². The Morgan fingerprint density at radius 3 is 2.36 bits per heavy atom. The zero-order valence-electron chi connectivity index (χ0n) is 15.9. The maximum Gasteiger partial charge on any atom is 0.261 e. The maximum atomic E-state index is 12.9. The molecule has 1 unspecified atom stereocenters. The number of amides is 3. The molecule has 6 heteroatoms. The number of carbonyl (C=O) groups excluding carboxylic acids is 3. The number of carbonyl (C=O) groups is 3. The van der Waals surface area contributed by atoms with E-state index in [1.54, 1.807) is 12.1 Å². The lowest BCUT2D eigenvalue weighted by atomic mass is 9.94. The van der Waals surface area contributed by atoms with Crippen molar-refractivity contribution in [1.82, 2.24) is 9.80 Å². The van der Waals surface area contributed by atoms with Crippen molar-refractivity contribution in [1.29, 1.82) is 0 Å². The largest absolute Gasteiger partial charge is 0.338 e. The van der Waals surface area contributed by atoms with Crippen LogP contribution in [0, 0.1) is 0 Å².